The summed E-state index contributed by atoms with van der Waals surface area (Å²) in [5, 5.41) is 20.0. The van der Waals surface area contributed by atoms with Crippen LogP contribution in [-0.4, -0.2) is 39.4 Å². The number of nitrogens with zero attached hydrogens (tertiary/aromatic N) is 2. The molecule has 0 aromatic heterocycles. The van der Waals surface area contributed by atoms with Gasteiger partial charge < -0.3 is 10.0 Å². The number of benzene rings is 1. The van der Waals surface area contributed by atoms with Gasteiger partial charge in [0.15, 0.2) is 0 Å². The number of carbonyl (C=O) groups excluding carboxylic acids is 1. The summed E-state index contributed by atoms with van der Waals surface area (Å²) < 4.78 is 0. The Kier molecular flexibility index (Phi) is 4.21. The minimum absolute atomic E-state index is 0.0166. The third-order valence-electron chi connectivity index (χ3n) is 3.81. The van der Waals surface area contributed by atoms with Crippen LogP contribution in [0.15, 0.2) is 18.2 Å². The quantitative estimate of drug-likeness (QED) is 0.669. The number of nitro benzene ring substituents is 1. The Morgan fingerprint density at radius 1 is 1.48 bits per heavy atom. The molecule has 1 aromatic carbocycles. The van der Waals surface area contributed by atoms with E-state index in [4.69, 9.17) is 5.11 Å². The van der Waals surface area contributed by atoms with Crippen molar-refractivity contribution in [1.29, 1.82) is 0 Å². The molecule has 7 heteroatoms. The molecule has 1 N–H and O–H groups in total. The SMILES string of the molecule is Cc1c(CC(=O)N2CCC[C@@H]2C(=O)O)cccc1[N+](=O)[O-]. The summed E-state index contributed by atoms with van der Waals surface area (Å²) in [5.74, 6) is -1.31. The fourth-order valence-electron chi connectivity index (χ4n) is 2.65. The summed E-state index contributed by atoms with van der Waals surface area (Å²) in [7, 11) is 0. The number of hydrogen-bond acceptors (Lipinski definition) is 4. The third kappa shape index (κ3) is 3.01. The van der Waals surface area contributed by atoms with E-state index >= 15 is 0 Å². The lowest BCUT2D eigenvalue weighted by Gasteiger charge is -2.21. The van der Waals surface area contributed by atoms with Crippen LogP contribution in [0.4, 0.5) is 5.69 Å². The molecule has 0 aliphatic carbocycles. The third-order valence-corrected chi connectivity index (χ3v) is 3.81. The van der Waals surface area contributed by atoms with Crippen LogP contribution in [-0.2, 0) is 16.0 Å². The summed E-state index contributed by atoms with van der Waals surface area (Å²) in [5.41, 5.74) is 0.976. The number of nitro groups is 1. The zero-order valence-electron chi connectivity index (χ0n) is 11.6. The molecule has 1 aliphatic heterocycles. The van der Waals surface area contributed by atoms with Gasteiger partial charge in [0.2, 0.25) is 5.91 Å². The fourth-order valence-corrected chi connectivity index (χ4v) is 2.65. The second kappa shape index (κ2) is 5.90. The van der Waals surface area contributed by atoms with Crippen molar-refractivity contribution in [3.8, 4) is 0 Å². The van der Waals surface area contributed by atoms with E-state index in [0.29, 0.717) is 30.5 Å². The van der Waals surface area contributed by atoms with Crippen molar-refractivity contribution < 1.29 is 19.6 Å². The molecule has 0 bridgehead atoms. The number of carbonyl (C=O) groups is 2. The van der Waals surface area contributed by atoms with Crippen molar-refractivity contribution in [2.45, 2.75) is 32.2 Å². The molecular formula is C14H16N2O5. The van der Waals surface area contributed by atoms with E-state index in [2.05, 4.69) is 0 Å². The summed E-state index contributed by atoms with van der Waals surface area (Å²) >= 11 is 0. The highest BCUT2D eigenvalue weighted by Gasteiger charge is 2.34. The van der Waals surface area contributed by atoms with Gasteiger partial charge in [-0.1, -0.05) is 12.1 Å². The first-order valence-electron chi connectivity index (χ1n) is 6.67. The number of amides is 1. The Bertz CT molecular complexity index is 599. The summed E-state index contributed by atoms with van der Waals surface area (Å²) in [6.07, 6.45) is 1.10. The lowest BCUT2D eigenvalue weighted by atomic mass is 10.0. The molecule has 1 atom stereocenters. The van der Waals surface area contributed by atoms with Crippen LogP contribution in [0.1, 0.15) is 24.0 Å². The molecule has 1 aliphatic rings. The predicted octanol–water partition coefficient (Wildman–Crippen LogP) is 1.52. The maximum absolute atomic E-state index is 12.3. The number of carboxylic acids is 1. The van der Waals surface area contributed by atoms with Crippen molar-refractivity contribution in [3.05, 3.63) is 39.4 Å². The Morgan fingerprint density at radius 3 is 2.81 bits per heavy atom. The Morgan fingerprint density at radius 2 is 2.19 bits per heavy atom. The average Bonchev–Trinajstić information content (AvgIpc) is 2.90. The lowest BCUT2D eigenvalue weighted by Crippen LogP contribution is -2.41. The molecule has 0 saturated carbocycles. The molecule has 7 nitrogen and oxygen atoms in total. The van der Waals surface area contributed by atoms with Crippen LogP contribution in [0, 0.1) is 17.0 Å². The smallest absolute Gasteiger partial charge is 0.326 e. The van der Waals surface area contributed by atoms with Gasteiger partial charge in [-0.3, -0.25) is 14.9 Å². The van der Waals surface area contributed by atoms with E-state index in [1.165, 1.54) is 17.0 Å². The first-order valence-corrected chi connectivity index (χ1v) is 6.67. The second-order valence-corrected chi connectivity index (χ2v) is 5.08. The Hall–Kier alpha value is -2.44. The minimum atomic E-state index is -1.00. The van der Waals surface area contributed by atoms with Gasteiger partial charge in [0.05, 0.1) is 11.3 Å². The topological polar surface area (TPSA) is 101 Å². The van der Waals surface area contributed by atoms with Crippen molar-refractivity contribution in [1.82, 2.24) is 4.90 Å². The van der Waals surface area contributed by atoms with E-state index in [1.807, 2.05) is 0 Å². The zero-order valence-corrected chi connectivity index (χ0v) is 11.6. The van der Waals surface area contributed by atoms with Gasteiger partial charge in [-0.2, -0.15) is 0 Å². The summed E-state index contributed by atoms with van der Waals surface area (Å²) in [6.45, 7) is 2.02. The van der Waals surface area contributed by atoms with E-state index < -0.39 is 16.9 Å². The van der Waals surface area contributed by atoms with Gasteiger partial charge >= 0.3 is 5.97 Å². The van der Waals surface area contributed by atoms with Crippen LogP contribution in [0.2, 0.25) is 0 Å². The Labute approximate surface area is 121 Å². The number of likely N-dealkylation sites (tertiary alicyclic amines) is 1. The summed E-state index contributed by atoms with van der Waals surface area (Å²) in [6, 6.07) is 3.80. The van der Waals surface area contributed by atoms with E-state index in [-0.39, 0.29) is 18.0 Å². The number of aliphatic carboxylic acids is 1. The van der Waals surface area contributed by atoms with Gasteiger partial charge in [0, 0.05) is 18.2 Å². The molecule has 112 valence electrons. The lowest BCUT2D eigenvalue weighted by molar-refractivity contribution is -0.385. The molecule has 2 rings (SSSR count). The van der Waals surface area contributed by atoms with Gasteiger partial charge in [0.25, 0.3) is 5.69 Å². The van der Waals surface area contributed by atoms with Crippen LogP contribution in [0.3, 0.4) is 0 Å². The maximum Gasteiger partial charge on any atom is 0.326 e. The van der Waals surface area contributed by atoms with E-state index in [9.17, 15) is 19.7 Å². The van der Waals surface area contributed by atoms with Crippen molar-refractivity contribution in [2.24, 2.45) is 0 Å². The highest BCUT2D eigenvalue weighted by Crippen LogP contribution is 2.24. The van der Waals surface area contributed by atoms with Crippen LogP contribution < -0.4 is 0 Å². The molecule has 0 spiro atoms. The standard InChI is InChI=1S/C14H16N2O5/c1-9-10(4-2-5-11(9)16(20)21)8-13(17)15-7-3-6-12(15)14(18)19/h2,4-5,12H,3,6-8H2,1H3,(H,18,19)/t12-/m1/s1. The number of hydrogen-bond donors (Lipinski definition) is 1. The number of rotatable bonds is 4. The van der Waals surface area contributed by atoms with Gasteiger partial charge in [0.1, 0.15) is 6.04 Å². The molecule has 1 saturated heterocycles. The molecule has 1 aromatic rings. The first-order chi connectivity index (χ1) is 9.91. The Balaban J connectivity index is 2.18. The normalized spacial score (nSPS) is 17.8. The second-order valence-electron chi connectivity index (χ2n) is 5.08. The van der Waals surface area contributed by atoms with Gasteiger partial charge in [-0.15, -0.1) is 0 Å². The monoisotopic (exact) mass is 292 g/mol. The highest BCUT2D eigenvalue weighted by atomic mass is 16.6. The van der Waals surface area contributed by atoms with Crippen molar-refractivity contribution in [2.75, 3.05) is 6.54 Å². The molecular weight excluding hydrogens is 276 g/mol. The molecule has 0 radical (unpaired) electrons. The van der Waals surface area contributed by atoms with Crippen LogP contribution >= 0.6 is 0 Å². The highest BCUT2D eigenvalue weighted by molar-refractivity contribution is 5.85. The van der Waals surface area contributed by atoms with Crippen molar-refractivity contribution >= 4 is 17.6 Å². The van der Waals surface area contributed by atoms with Gasteiger partial charge in [-0.05, 0) is 25.3 Å². The van der Waals surface area contributed by atoms with Gasteiger partial charge in [-0.25, -0.2) is 4.79 Å². The van der Waals surface area contributed by atoms with Crippen molar-refractivity contribution in [3.63, 3.8) is 0 Å². The van der Waals surface area contributed by atoms with E-state index in [1.54, 1.807) is 13.0 Å². The van der Waals surface area contributed by atoms with E-state index in [0.717, 1.165) is 0 Å². The first kappa shape index (κ1) is 15.0. The molecule has 0 unspecified atom stereocenters. The molecule has 1 amide bonds. The average molecular weight is 292 g/mol. The largest absolute Gasteiger partial charge is 0.480 e. The fraction of sp³-hybridized carbons (Fsp3) is 0.429. The molecule has 1 heterocycles. The maximum atomic E-state index is 12.3. The predicted molar refractivity (Wildman–Crippen MR) is 73.9 cm³/mol. The molecule has 1 fully saturated rings. The number of carboxylic acid groups (broad SMARTS) is 1. The summed E-state index contributed by atoms with van der Waals surface area (Å²) in [4.78, 5) is 35.1. The minimum Gasteiger partial charge on any atom is -0.480 e. The molecule has 21 heavy (non-hydrogen) atoms. The zero-order chi connectivity index (χ0) is 15.6. The van der Waals surface area contributed by atoms with Crippen LogP contribution in [0.25, 0.3) is 0 Å². The van der Waals surface area contributed by atoms with Crippen LogP contribution in [0.5, 0.6) is 0 Å².